The van der Waals surface area contributed by atoms with Gasteiger partial charge in [0.05, 0.1) is 4.90 Å². The molecule has 1 aromatic rings. The Bertz CT molecular complexity index is 603. The van der Waals surface area contributed by atoms with Gasteiger partial charge in [0, 0.05) is 21.5 Å². The lowest BCUT2D eigenvalue weighted by Gasteiger charge is -2.40. The Kier molecular flexibility index (Phi) is 4.99. The van der Waals surface area contributed by atoms with Crippen LogP contribution in [0.3, 0.4) is 0 Å². The monoisotopic (exact) mass is 423 g/mol. The van der Waals surface area contributed by atoms with Crippen molar-refractivity contribution in [2.24, 2.45) is 11.8 Å². The molecule has 6 heteroatoms. The van der Waals surface area contributed by atoms with Crippen molar-refractivity contribution in [1.82, 2.24) is 4.31 Å². The second-order valence-corrected chi connectivity index (χ2v) is 9.34. The average molecular weight is 425 g/mol. The first-order chi connectivity index (χ1) is 9.23. The van der Waals surface area contributed by atoms with Crippen LogP contribution in [0.2, 0.25) is 0 Å². The summed E-state index contributed by atoms with van der Waals surface area (Å²) in [5, 5.41) is 0. The number of piperidine rings is 1. The predicted molar refractivity (Wildman–Crippen MR) is 88.1 cm³/mol. The van der Waals surface area contributed by atoms with Crippen LogP contribution in [0.15, 0.2) is 32.0 Å². The van der Waals surface area contributed by atoms with Gasteiger partial charge in [0.1, 0.15) is 0 Å². The summed E-state index contributed by atoms with van der Waals surface area (Å²) in [6, 6.07) is 5.28. The van der Waals surface area contributed by atoms with E-state index in [4.69, 9.17) is 0 Å². The van der Waals surface area contributed by atoms with Crippen LogP contribution in [0.5, 0.6) is 0 Å². The van der Waals surface area contributed by atoms with Crippen molar-refractivity contribution in [3.63, 3.8) is 0 Å². The van der Waals surface area contributed by atoms with Gasteiger partial charge in [0.2, 0.25) is 10.0 Å². The zero-order valence-corrected chi connectivity index (χ0v) is 15.8. The van der Waals surface area contributed by atoms with Gasteiger partial charge in [-0.2, -0.15) is 4.31 Å². The van der Waals surface area contributed by atoms with Gasteiger partial charge in [0.25, 0.3) is 0 Å². The zero-order chi connectivity index (χ0) is 15.1. The van der Waals surface area contributed by atoms with Gasteiger partial charge >= 0.3 is 0 Å². The number of benzene rings is 1. The molecule has 1 aliphatic rings. The summed E-state index contributed by atoms with van der Waals surface area (Å²) < 4.78 is 28.9. The van der Waals surface area contributed by atoms with Crippen LogP contribution >= 0.6 is 31.9 Å². The zero-order valence-electron chi connectivity index (χ0n) is 11.8. The lowest BCUT2D eigenvalue weighted by molar-refractivity contribution is 0.157. The third kappa shape index (κ3) is 3.13. The number of rotatable bonds is 2. The molecule has 0 aromatic heterocycles. The van der Waals surface area contributed by atoms with E-state index in [1.165, 1.54) is 0 Å². The largest absolute Gasteiger partial charge is 0.244 e. The van der Waals surface area contributed by atoms with Crippen LogP contribution in [0, 0.1) is 11.8 Å². The van der Waals surface area contributed by atoms with Gasteiger partial charge in [-0.25, -0.2) is 8.42 Å². The van der Waals surface area contributed by atoms with Crippen LogP contribution in [-0.4, -0.2) is 25.3 Å². The van der Waals surface area contributed by atoms with Crippen LogP contribution in [0.1, 0.15) is 27.2 Å². The Labute approximate surface area is 138 Å². The van der Waals surface area contributed by atoms with Crippen LogP contribution in [0.4, 0.5) is 0 Å². The van der Waals surface area contributed by atoms with E-state index < -0.39 is 10.0 Å². The second-order valence-electron chi connectivity index (χ2n) is 5.71. The van der Waals surface area contributed by atoms with E-state index in [0.717, 1.165) is 10.9 Å². The predicted octanol–water partition coefficient (Wildman–Crippen LogP) is 4.27. The first kappa shape index (κ1) is 16.5. The molecule has 3 unspecified atom stereocenters. The van der Waals surface area contributed by atoms with Crippen molar-refractivity contribution in [3.8, 4) is 0 Å². The topological polar surface area (TPSA) is 37.4 Å². The summed E-state index contributed by atoms with van der Waals surface area (Å²) in [5.41, 5.74) is 0. The Balaban J connectivity index is 2.46. The van der Waals surface area contributed by atoms with E-state index in [9.17, 15) is 8.42 Å². The lowest BCUT2D eigenvalue weighted by Crippen LogP contribution is -2.48. The van der Waals surface area contributed by atoms with E-state index >= 15 is 0 Å². The maximum absolute atomic E-state index is 12.9. The lowest BCUT2D eigenvalue weighted by atomic mass is 9.88. The molecule has 0 N–H and O–H groups in total. The summed E-state index contributed by atoms with van der Waals surface area (Å²) in [5.74, 6) is 0.765. The molecule has 0 aliphatic carbocycles. The molecule has 112 valence electrons. The van der Waals surface area contributed by atoms with Gasteiger partial charge in [0.15, 0.2) is 0 Å². The minimum Gasteiger partial charge on any atom is -0.207 e. The van der Waals surface area contributed by atoms with E-state index in [1.807, 2.05) is 13.0 Å². The molecule has 1 aromatic carbocycles. The molecular formula is C14H19Br2NO2S. The molecular weight excluding hydrogens is 406 g/mol. The highest BCUT2D eigenvalue weighted by molar-refractivity contribution is 9.11. The first-order valence-corrected chi connectivity index (χ1v) is 9.73. The standard InChI is InChI=1S/C14H19Br2NO2S/c1-9-6-10(2)11(3)17(8-9)20(18,19)14-7-12(15)4-5-13(14)16/h4-5,7,9-11H,6,8H2,1-3H3. The van der Waals surface area contributed by atoms with Gasteiger partial charge in [-0.3, -0.25) is 0 Å². The molecule has 2 rings (SSSR count). The SMILES string of the molecule is CC1CC(C)C(C)N(S(=O)(=O)c2cc(Br)ccc2Br)C1. The highest BCUT2D eigenvalue weighted by Crippen LogP contribution is 2.34. The number of nitrogens with zero attached hydrogens (tertiary/aromatic N) is 1. The third-order valence-corrected chi connectivity index (χ3v) is 7.46. The Morgan fingerprint density at radius 3 is 2.50 bits per heavy atom. The quantitative estimate of drug-likeness (QED) is 0.710. The molecule has 0 bridgehead atoms. The normalized spacial score (nSPS) is 28.6. The molecule has 0 saturated carbocycles. The number of hydrogen-bond donors (Lipinski definition) is 0. The third-order valence-electron chi connectivity index (χ3n) is 4.02. The number of halogens is 2. The highest BCUT2D eigenvalue weighted by Gasteiger charge is 2.37. The molecule has 1 saturated heterocycles. The Morgan fingerprint density at radius 2 is 1.85 bits per heavy atom. The molecule has 1 heterocycles. The molecule has 0 amide bonds. The maximum Gasteiger partial charge on any atom is 0.244 e. The minimum atomic E-state index is -3.47. The Hall–Kier alpha value is 0.0900. The molecule has 0 radical (unpaired) electrons. The second kappa shape index (κ2) is 6.07. The fraction of sp³-hybridized carbons (Fsp3) is 0.571. The van der Waals surface area contributed by atoms with Gasteiger partial charge in [-0.05, 0) is 59.3 Å². The highest BCUT2D eigenvalue weighted by atomic mass is 79.9. The minimum absolute atomic E-state index is 0.0297. The van der Waals surface area contributed by atoms with Crippen molar-refractivity contribution in [3.05, 3.63) is 27.1 Å². The Morgan fingerprint density at radius 1 is 1.20 bits per heavy atom. The van der Waals surface area contributed by atoms with Crippen LogP contribution < -0.4 is 0 Å². The van der Waals surface area contributed by atoms with E-state index in [2.05, 4.69) is 45.7 Å². The van der Waals surface area contributed by atoms with E-state index in [-0.39, 0.29) is 6.04 Å². The number of sulfonamides is 1. The van der Waals surface area contributed by atoms with E-state index in [0.29, 0.717) is 27.7 Å². The van der Waals surface area contributed by atoms with Crippen LogP contribution in [0.25, 0.3) is 0 Å². The smallest absolute Gasteiger partial charge is 0.207 e. The summed E-state index contributed by atoms with van der Waals surface area (Å²) >= 11 is 6.70. The number of hydrogen-bond acceptors (Lipinski definition) is 2. The van der Waals surface area contributed by atoms with Gasteiger partial charge in [-0.1, -0.05) is 29.8 Å². The average Bonchev–Trinajstić information content (AvgIpc) is 2.36. The van der Waals surface area contributed by atoms with Crippen molar-refractivity contribution >= 4 is 41.9 Å². The molecule has 1 fully saturated rings. The van der Waals surface area contributed by atoms with Crippen molar-refractivity contribution < 1.29 is 8.42 Å². The van der Waals surface area contributed by atoms with E-state index in [1.54, 1.807) is 16.4 Å². The van der Waals surface area contributed by atoms with Crippen molar-refractivity contribution in [2.45, 2.75) is 38.1 Å². The van der Waals surface area contributed by atoms with Crippen LogP contribution in [-0.2, 0) is 10.0 Å². The van der Waals surface area contributed by atoms with Gasteiger partial charge in [-0.15, -0.1) is 0 Å². The fourth-order valence-electron chi connectivity index (χ4n) is 2.78. The summed E-state index contributed by atoms with van der Waals surface area (Å²) in [4.78, 5) is 0.333. The molecule has 20 heavy (non-hydrogen) atoms. The molecule has 1 aliphatic heterocycles. The summed E-state index contributed by atoms with van der Waals surface area (Å²) in [6.07, 6.45) is 1.08. The fourth-order valence-corrected chi connectivity index (χ4v) is 6.09. The molecule has 3 nitrogen and oxygen atoms in total. The summed E-state index contributed by atoms with van der Waals surface area (Å²) in [6.45, 7) is 6.83. The van der Waals surface area contributed by atoms with Gasteiger partial charge < -0.3 is 0 Å². The first-order valence-electron chi connectivity index (χ1n) is 6.70. The van der Waals surface area contributed by atoms with Crippen molar-refractivity contribution in [2.75, 3.05) is 6.54 Å². The maximum atomic E-state index is 12.9. The summed E-state index contributed by atoms with van der Waals surface area (Å²) in [7, 11) is -3.47. The molecule has 0 spiro atoms. The van der Waals surface area contributed by atoms with Crippen molar-refractivity contribution in [1.29, 1.82) is 0 Å². The molecule has 3 atom stereocenters.